The number of H-pyrrole nitrogens is 1. The van der Waals surface area contributed by atoms with Crippen molar-refractivity contribution in [2.75, 3.05) is 23.7 Å². The van der Waals surface area contributed by atoms with Crippen molar-refractivity contribution in [3.8, 4) is 0 Å². The Balaban J connectivity index is 1.22. The van der Waals surface area contributed by atoms with Crippen LogP contribution in [-0.2, 0) is 0 Å². The molecular formula is C22H25BrN8O. The third-order valence-electron chi connectivity index (χ3n) is 5.68. The van der Waals surface area contributed by atoms with Crippen molar-refractivity contribution in [2.45, 2.75) is 37.6 Å². The first-order chi connectivity index (χ1) is 15.6. The second-order valence-corrected chi connectivity index (χ2v) is 9.05. The average Bonchev–Trinajstić information content (AvgIpc) is 3.56. The minimum absolute atomic E-state index is 0.0422. The van der Waals surface area contributed by atoms with E-state index in [2.05, 4.69) is 57.4 Å². The monoisotopic (exact) mass is 496 g/mol. The molecule has 0 spiro atoms. The smallest absolute Gasteiger partial charge is 0.251 e. The topological polar surface area (TPSA) is 120 Å². The van der Waals surface area contributed by atoms with Crippen molar-refractivity contribution in [2.24, 2.45) is 0 Å². The van der Waals surface area contributed by atoms with Crippen LogP contribution in [0.15, 0.2) is 41.0 Å². The van der Waals surface area contributed by atoms with Crippen molar-refractivity contribution >= 4 is 45.1 Å². The van der Waals surface area contributed by atoms with Gasteiger partial charge in [0, 0.05) is 41.2 Å². The summed E-state index contributed by atoms with van der Waals surface area (Å²) in [5.74, 6) is 2.35. The number of anilines is 4. The number of nitrogens with one attached hydrogen (secondary N) is 5. The van der Waals surface area contributed by atoms with Gasteiger partial charge in [-0.25, -0.2) is 4.98 Å². The third-order valence-corrected chi connectivity index (χ3v) is 6.26. The van der Waals surface area contributed by atoms with Crippen LogP contribution < -0.4 is 21.3 Å². The highest BCUT2D eigenvalue weighted by Gasteiger charge is 2.25. The summed E-state index contributed by atoms with van der Waals surface area (Å²) in [5.41, 5.74) is 2.59. The maximum atomic E-state index is 12.5. The molecule has 10 heteroatoms. The Morgan fingerprint density at radius 1 is 1.06 bits per heavy atom. The van der Waals surface area contributed by atoms with Crippen molar-refractivity contribution in [3.05, 3.63) is 52.3 Å². The molecule has 3 heterocycles. The molecule has 5 N–H and O–H groups in total. The third kappa shape index (κ3) is 5.08. The van der Waals surface area contributed by atoms with Gasteiger partial charge in [0.25, 0.3) is 5.91 Å². The van der Waals surface area contributed by atoms with E-state index in [0.717, 1.165) is 47.6 Å². The van der Waals surface area contributed by atoms with Crippen LogP contribution in [0.4, 0.5) is 23.3 Å². The number of benzene rings is 1. The van der Waals surface area contributed by atoms with Crippen molar-refractivity contribution < 1.29 is 4.79 Å². The molecule has 2 aromatic heterocycles. The van der Waals surface area contributed by atoms with Gasteiger partial charge in [-0.05, 0) is 79.0 Å². The minimum atomic E-state index is -0.0422. The highest BCUT2D eigenvalue weighted by Crippen LogP contribution is 2.39. The number of rotatable bonds is 7. The van der Waals surface area contributed by atoms with Gasteiger partial charge >= 0.3 is 0 Å². The molecule has 1 aliphatic heterocycles. The number of aromatic nitrogens is 4. The normalized spacial score (nSPS) is 16.5. The molecule has 5 rings (SSSR count). The zero-order valence-corrected chi connectivity index (χ0v) is 19.1. The summed E-state index contributed by atoms with van der Waals surface area (Å²) in [6.45, 7) is 1.89. The molecule has 166 valence electrons. The predicted octanol–water partition coefficient (Wildman–Crippen LogP) is 3.81. The summed E-state index contributed by atoms with van der Waals surface area (Å²) in [7, 11) is 0. The van der Waals surface area contributed by atoms with E-state index in [9.17, 15) is 4.79 Å². The molecule has 2 aliphatic rings. The van der Waals surface area contributed by atoms with Crippen LogP contribution in [0.3, 0.4) is 0 Å². The molecule has 1 amide bonds. The summed E-state index contributed by atoms with van der Waals surface area (Å²) in [6.07, 6.45) is 6.04. The Hall–Kier alpha value is -2.98. The fraction of sp³-hybridized carbons (Fsp3) is 0.364. The Kier molecular flexibility index (Phi) is 6.04. The minimum Gasteiger partial charge on any atom is -0.349 e. The number of amides is 1. The molecule has 1 aliphatic carbocycles. The fourth-order valence-corrected chi connectivity index (χ4v) is 4.00. The number of hydrogen-bond acceptors (Lipinski definition) is 7. The second-order valence-electron chi connectivity index (χ2n) is 8.20. The van der Waals surface area contributed by atoms with E-state index in [1.807, 2.05) is 18.2 Å². The van der Waals surface area contributed by atoms with Crippen LogP contribution in [0, 0.1) is 0 Å². The van der Waals surface area contributed by atoms with Crippen LogP contribution in [0.1, 0.15) is 47.7 Å². The maximum absolute atomic E-state index is 12.5. The quantitative estimate of drug-likeness (QED) is 0.337. The number of halogens is 1. The molecule has 0 unspecified atom stereocenters. The zero-order valence-electron chi connectivity index (χ0n) is 17.5. The summed E-state index contributed by atoms with van der Waals surface area (Å²) >= 11 is 3.49. The van der Waals surface area contributed by atoms with E-state index in [4.69, 9.17) is 0 Å². The first kappa shape index (κ1) is 20.9. The second kappa shape index (κ2) is 9.25. The Morgan fingerprint density at radius 3 is 2.59 bits per heavy atom. The molecule has 9 nitrogen and oxygen atoms in total. The lowest BCUT2D eigenvalue weighted by atomic mass is 10.1. The summed E-state index contributed by atoms with van der Waals surface area (Å²) < 4.78 is 0.740. The number of hydrogen-bond donors (Lipinski definition) is 5. The van der Waals surface area contributed by atoms with Gasteiger partial charge in [-0.2, -0.15) is 10.1 Å². The van der Waals surface area contributed by atoms with E-state index in [-0.39, 0.29) is 11.9 Å². The molecule has 32 heavy (non-hydrogen) atoms. The van der Waals surface area contributed by atoms with Crippen LogP contribution in [-0.4, -0.2) is 45.2 Å². The number of piperidine rings is 1. The molecule has 0 radical (unpaired) electrons. The lowest BCUT2D eigenvalue weighted by molar-refractivity contribution is 0.0929. The number of aromatic amines is 1. The van der Waals surface area contributed by atoms with Gasteiger partial charge in [-0.1, -0.05) is 0 Å². The standard InChI is InChI=1S/C22H25BrN8O/c23-17-12-25-22(29-20(17)28-19-11-18(30-31-19)13-1-2-13)27-15-5-3-14(4-6-15)21(32)26-16-7-9-24-10-8-16/h3-6,11-13,16,24H,1-2,7-10H2,(H,26,32)(H3,25,27,28,29,30,31). The first-order valence-corrected chi connectivity index (χ1v) is 11.7. The van der Waals surface area contributed by atoms with Gasteiger partial charge in [0.05, 0.1) is 4.47 Å². The van der Waals surface area contributed by atoms with Gasteiger partial charge in [0.1, 0.15) is 0 Å². The van der Waals surface area contributed by atoms with Gasteiger partial charge in [-0.15, -0.1) is 0 Å². The van der Waals surface area contributed by atoms with Gasteiger partial charge in [0.15, 0.2) is 11.6 Å². The van der Waals surface area contributed by atoms with Gasteiger partial charge < -0.3 is 21.3 Å². The average molecular weight is 497 g/mol. The fourth-order valence-electron chi connectivity index (χ4n) is 3.71. The number of nitrogens with zero attached hydrogens (tertiary/aromatic N) is 3. The number of carbonyl (C=O) groups excluding carboxylic acids is 1. The van der Waals surface area contributed by atoms with Gasteiger partial charge in [0.2, 0.25) is 5.95 Å². The highest BCUT2D eigenvalue weighted by molar-refractivity contribution is 9.10. The Labute approximate surface area is 194 Å². The van der Waals surface area contributed by atoms with Crippen molar-refractivity contribution in [1.82, 2.24) is 30.8 Å². The maximum Gasteiger partial charge on any atom is 0.251 e. The largest absolute Gasteiger partial charge is 0.349 e. The molecule has 1 saturated heterocycles. The molecule has 2 fully saturated rings. The molecule has 0 bridgehead atoms. The Bertz CT molecular complexity index is 1090. The summed E-state index contributed by atoms with van der Waals surface area (Å²) in [4.78, 5) is 21.4. The summed E-state index contributed by atoms with van der Waals surface area (Å²) in [6, 6.07) is 9.57. The molecule has 0 atom stereocenters. The van der Waals surface area contributed by atoms with E-state index in [0.29, 0.717) is 23.2 Å². The van der Waals surface area contributed by atoms with E-state index >= 15 is 0 Å². The van der Waals surface area contributed by atoms with E-state index < -0.39 is 0 Å². The molecule has 1 saturated carbocycles. The highest BCUT2D eigenvalue weighted by atomic mass is 79.9. The van der Waals surface area contributed by atoms with Crippen LogP contribution in [0.5, 0.6) is 0 Å². The lowest BCUT2D eigenvalue weighted by Crippen LogP contribution is -2.42. The molecule has 1 aromatic carbocycles. The lowest BCUT2D eigenvalue weighted by Gasteiger charge is -2.23. The molecule has 3 aromatic rings. The van der Waals surface area contributed by atoms with E-state index in [1.54, 1.807) is 18.3 Å². The van der Waals surface area contributed by atoms with Crippen LogP contribution in [0.2, 0.25) is 0 Å². The van der Waals surface area contributed by atoms with Crippen molar-refractivity contribution in [1.29, 1.82) is 0 Å². The van der Waals surface area contributed by atoms with Gasteiger partial charge in [-0.3, -0.25) is 9.89 Å². The number of carbonyl (C=O) groups is 1. The molecular weight excluding hydrogens is 472 g/mol. The Morgan fingerprint density at radius 2 is 1.84 bits per heavy atom. The SMILES string of the molecule is O=C(NC1CCNCC1)c1ccc(Nc2ncc(Br)c(Nc3cc(C4CC4)[nH]n3)n2)cc1. The van der Waals surface area contributed by atoms with Crippen LogP contribution >= 0.6 is 15.9 Å². The zero-order chi connectivity index (χ0) is 21.9. The first-order valence-electron chi connectivity index (χ1n) is 10.9. The van der Waals surface area contributed by atoms with E-state index in [1.165, 1.54) is 12.8 Å². The summed E-state index contributed by atoms with van der Waals surface area (Å²) in [5, 5.41) is 20.2. The predicted molar refractivity (Wildman–Crippen MR) is 127 cm³/mol. The van der Waals surface area contributed by atoms with Crippen molar-refractivity contribution in [3.63, 3.8) is 0 Å². The van der Waals surface area contributed by atoms with Crippen LogP contribution in [0.25, 0.3) is 0 Å².